The van der Waals surface area contributed by atoms with Gasteiger partial charge in [0, 0.05) is 3.57 Å². The van der Waals surface area contributed by atoms with Crippen molar-refractivity contribution in [1.29, 1.82) is 0 Å². The molecule has 1 amide bonds. The summed E-state index contributed by atoms with van der Waals surface area (Å²) in [6.45, 7) is -0.0194. The summed E-state index contributed by atoms with van der Waals surface area (Å²) in [6.07, 6.45) is 2.16. The third-order valence-corrected chi connectivity index (χ3v) is 4.89. The molecule has 1 aliphatic carbocycles. The van der Waals surface area contributed by atoms with E-state index in [1.165, 1.54) is 18.2 Å². The summed E-state index contributed by atoms with van der Waals surface area (Å²) in [7, 11) is 0. The molecular formula is C18H17F2IN2O3. The number of halogens is 3. The van der Waals surface area contributed by atoms with Crippen LogP contribution in [0.1, 0.15) is 29.6 Å². The van der Waals surface area contributed by atoms with Crippen LogP contribution in [0.15, 0.2) is 36.4 Å². The minimum atomic E-state index is -0.901. The van der Waals surface area contributed by atoms with E-state index in [1.54, 1.807) is 6.07 Å². The lowest BCUT2D eigenvalue weighted by atomic mass is 9.81. The van der Waals surface area contributed by atoms with E-state index in [0.29, 0.717) is 16.4 Å². The minimum absolute atomic E-state index is 0.0194. The van der Waals surface area contributed by atoms with Crippen molar-refractivity contribution >= 4 is 39.9 Å². The van der Waals surface area contributed by atoms with Crippen LogP contribution in [0, 0.1) is 15.2 Å². The molecule has 1 fully saturated rings. The normalized spacial score (nSPS) is 15.2. The maximum Gasteiger partial charge on any atom is 0.276 e. The van der Waals surface area contributed by atoms with Crippen LogP contribution in [0.25, 0.3) is 0 Å². The highest BCUT2D eigenvalue weighted by Crippen LogP contribution is 2.31. The Morgan fingerprint density at radius 3 is 2.62 bits per heavy atom. The van der Waals surface area contributed by atoms with Gasteiger partial charge in [0.05, 0.1) is 22.5 Å². The zero-order valence-electron chi connectivity index (χ0n) is 13.7. The molecule has 1 aliphatic rings. The highest BCUT2D eigenvalue weighted by molar-refractivity contribution is 14.1. The molecular weight excluding hydrogens is 457 g/mol. The second kappa shape index (κ2) is 7.85. The van der Waals surface area contributed by atoms with Gasteiger partial charge in [0.15, 0.2) is 0 Å². The standard InChI is InChI=1S/C18H17F2IN2O3/c19-11-2-4-13(17(24)23-26-10-18(25)6-1-7-18)16(8-11)22-15-5-3-12(21)9-14(15)20/h2-5,8-9,22,25H,1,6-7,10H2,(H,23,24). The van der Waals surface area contributed by atoms with Crippen LogP contribution in [0.5, 0.6) is 0 Å². The number of rotatable bonds is 6. The lowest BCUT2D eigenvalue weighted by molar-refractivity contribution is -0.113. The summed E-state index contributed by atoms with van der Waals surface area (Å²) in [5.74, 6) is -1.71. The molecule has 0 aromatic heterocycles. The lowest BCUT2D eigenvalue weighted by Gasteiger charge is -2.35. The first kappa shape index (κ1) is 19.0. The Bertz CT molecular complexity index is 828. The van der Waals surface area contributed by atoms with E-state index in [9.17, 15) is 18.7 Å². The second-order valence-electron chi connectivity index (χ2n) is 6.24. The molecule has 0 spiro atoms. The van der Waals surface area contributed by atoms with Gasteiger partial charge in [0.25, 0.3) is 5.91 Å². The van der Waals surface area contributed by atoms with Gasteiger partial charge in [-0.1, -0.05) is 0 Å². The van der Waals surface area contributed by atoms with Crippen molar-refractivity contribution in [2.24, 2.45) is 0 Å². The summed E-state index contributed by atoms with van der Waals surface area (Å²) in [6, 6.07) is 8.03. The number of nitrogens with one attached hydrogen (secondary N) is 2. The molecule has 0 radical (unpaired) electrons. The van der Waals surface area contributed by atoms with Crippen molar-refractivity contribution < 1.29 is 23.5 Å². The fourth-order valence-electron chi connectivity index (χ4n) is 2.57. The molecule has 0 saturated heterocycles. The number of amides is 1. The average Bonchev–Trinajstić information content (AvgIpc) is 2.56. The third-order valence-electron chi connectivity index (χ3n) is 4.22. The van der Waals surface area contributed by atoms with Gasteiger partial charge in [-0.15, -0.1) is 0 Å². The van der Waals surface area contributed by atoms with Crippen molar-refractivity contribution in [2.75, 3.05) is 11.9 Å². The first-order valence-corrected chi connectivity index (χ1v) is 9.10. The molecule has 3 rings (SSSR count). The summed E-state index contributed by atoms with van der Waals surface area (Å²) in [5, 5.41) is 12.7. The molecule has 2 aromatic rings. The Morgan fingerprint density at radius 1 is 1.19 bits per heavy atom. The molecule has 0 unspecified atom stereocenters. The number of carbonyl (C=O) groups is 1. The van der Waals surface area contributed by atoms with Crippen molar-refractivity contribution in [2.45, 2.75) is 24.9 Å². The van der Waals surface area contributed by atoms with Crippen LogP contribution in [0.3, 0.4) is 0 Å². The Hall–Kier alpha value is -1.78. The van der Waals surface area contributed by atoms with Crippen molar-refractivity contribution in [3.8, 4) is 0 Å². The Kier molecular flexibility index (Phi) is 5.73. The lowest BCUT2D eigenvalue weighted by Crippen LogP contribution is -2.44. The van der Waals surface area contributed by atoms with Crippen LogP contribution in [0.2, 0.25) is 0 Å². The Balaban J connectivity index is 1.73. The SMILES string of the molecule is O=C(NOCC1(O)CCC1)c1ccc(F)cc1Nc1ccc(I)cc1F. The van der Waals surface area contributed by atoms with Crippen LogP contribution >= 0.6 is 22.6 Å². The summed E-state index contributed by atoms with van der Waals surface area (Å²) >= 11 is 1.98. The highest BCUT2D eigenvalue weighted by atomic mass is 127. The number of hydroxylamine groups is 1. The molecule has 5 nitrogen and oxygen atoms in total. The van der Waals surface area contributed by atoms with Crippen LogP contribution < -0.4 is 10.8 Å². The summed E-state index contributed by atoms with van der Waals surface area (Å²) in [5.41, 5.74) is 1.65. The number of anilines is 2. The Morgan fingerprint density at radius 2 is 1.96 bits per heavy atom. The fourth-order valence-corrected chi connectivity index (χ4v) is 3.03. The van der Waals surface area contributed by atoms with Crippen molar-refractivity contribution in [3.05, 3.63) is 57.2 Å². The van der Waals surface area contributed by atoms with Crippen molar-refractivity contribution in [3.63, 3.8) is 0 Å². The molecule has 0 bridgehead atoms. The van der Waals surface area contributed by atoms with Crippen LogP contribution in [-0.4, -0.2) is 23.2 Å². The quantitative estimate of drug-likeness (QED) is 0.439. The summed E-state index contributed by atoms with van der Waals surface area (Å²) in [4.78, 5) is 17.4. The van der Waals surface area contributed by atoms with Gasteiger partial charge in [0.1, 0.15) is 18.2 Å². The van der Waals surface area contributed by atoms with E-state index in [1.807, 2.05) is 22.6 Å². The van der Waals surface area contributed by atoms with Gasteiger partial charge in [-0.3, -0.25) is 9.63 Å². The predicted molar refractivity (Wildman–Crippen MR) is 101 cm³/mol. The maximum absolute atomic E-state index is 14.0. The van der Waals surface area contributed by atoms with E-state index >= 15 is 0 Å². The van der Waals surface area contributed by atoms with E-state index in [-0.39, 0.29) is 23.5 Å². The minimum Gasteiger partial charge on any atom is -0.387 e. The summed E-state index contributed by atoms with van der Waals surface area (Å²) < 4.78 is 28.4. The molecule has 2 aromatic carbocycles. The van der Waals surface area contributed by atoms with E-state index in [0.717, 1.165) is 18.6 Å². The molecule has 0 atom stereocenters. The van der Waals surface area contributed by atoms with Crippen LogP contribution in [-0.2, 0) is 4.84 Å². The van der Waals surface area contributed by atoms with Gasteiger partial charge in [-0.05, 0) is 78.3 Å². The smallest absolute Gasteiger partial charge is 0.276 e. The topological polar surface area (TPSA) is 70.6 Å². The third kappa shape index (κ3) is 4.49. The molecule has 0 aliphatic heterocycles. The zero-order valence-corrected chi connectivity index (χ0v) is 15.8. The second-order valence-corrected chi connectivity index (χ2v) is 7.48. The molecule has 3 N–H and O–H groups in total. The van der Waals surface area contributed by atoms with E-state index in [4.69, 9.17) is 4.84 Å². The van der Waals surface area contributed by atoms with Crippen molar-refractivity contribution in [1.82, 2.24) is 5.48 Å². The monoisotopic (exact) mass is 474 g/mol. The predicted octanol–water partition coefficient (Wildman–Crippen LogP) is 3.89. The molecule has 8 heteroatoms. The Labute approximate surface area is 162 Å². The largest absolute Gasteiger partial charge is 0.387 e. The van der Waals surface area contributed by atoms with Gasteiger partial charge in [-0.2, -0.15) is 0 Å². The van der Waals surface area contributed by atoms with E-state index < -0.39 is 23.1 Å². The number of aliphatic hydroxyl groups is 1. The molecule has 1 saturated carbocycles. The first-order chi connectivity index (χ1) is 12.4. The zero-order chi connectivity index (χ0) is 18.7. The molecule has 0 heterocycles. The highest BCUT2D eigenvalue weighted by Gasteiger charge is 2.35. The fraction of sp³-hybridized carbons (Fsp3) is 0.278. The van der Waals surface area contributed by atoms with Gasteiger partial charge >= 0.3 is 0 Å². The number of hydrogen-bond donors (Lipinski definition) is 3. The van der Waals surface area contributed by atoms with Gasteiger partial charge in [-0.25, -0.2) is 14.3 Å². The van der Waals surface area contributed by atoms with Crippen LogP contribution in [0.4, 0.5) is 20.2 Å². The number of benzene rings is 2. The van der Waals surface area contributed by atoms with E-state index in [2.05, 4.69) is 10.8 Å². The van der Waals surface area contributed by atoms with Gasteiger partial charge in [0.2, 0.25) is 0 Å². The number of carbonyl (C=O) groups excluding carboxylic acids is 1. The average molecular weight is 474 g/mol. The first-order valence-electron chi connectivity index (χ1n) is 8.02. The number of hydrogen-bond acceptors (Lipinski definition) is 4. The molecule has 26 heavy (non-hydrogen) atoms. The van der Waals surface area contributed by atoms with Gasteiger partial charge < -0.3 is 10.4 Å². The molecule has 138 valence electrons. The maximum atomic E-state index is 14.0.